The van der Waals surface area contributed by atoms with E-state index >= 15 is 0 Å². The predicted molar refractivity (Wildman–Crippen MR) is 51.8 cm³/mol. The molecule has 2 atom stereocenters. The lowest BCUT2D eigenvalue weighted by Crippen LogP contribution is -2.42. The number of hydrogen-bond donors (Lipinski definition) is 1. The van der Waals surface area contributed by atoms with Crippen molar-refractivity contribution in [3.05, 3.63) is 0 Å². The minimum Gasteiger partial charge on any atom is -0.302 e. The summed E-state index contributed by atoms with van der Waals surface area (Å²) < 4.78 is 0. The highest BCUT2D eigenvalue weighted by molar-refractivity contribution is 5.05. The zero-order chi connectivity index (χ0) is 9.61. The molecule has 0 aliphatic carbocycles. The molecule has 2 heteroatoms. The van der Waals surface area contributed by atoms with Gasteiger partial charge in [-0.25, -0.2) is 0 Å². The fraction of sp³-hybridized carbons (Fsp3) is 0.900. The number of nitrogens with zero attached hydrogens (tertiary/aromatic N) is 1. The van der Waals surface area contributed by atoms with Crippen LogP contribution >= 0.6 is 0 Å². The summed E-state index contributed by atoms with van der Waals surface area (Å²) in [5, 5.41) is 12.1. The fourth-order valence-electron chi connectivity index (χ4n) is 1.34. The average molecular weight is 168 g/mol. The second kappa shape index (κ2) is 5.16. The van der Waals surface area contributed by atoms with Crippen LogP contribution in [0.4, 0.5) is 0 Å². The highest BCUT2D eigenvalue weighted by Crippen LogP contribution is 2.21. The van der Waals surface area contributed by atoms with Crippen molar-refractivity contribution in [2.75, 3.05) is 7.05 Å². The number of nitriles is 1. The molecule has 2 nitrogen and oxygen atoms in total. The molecule has 0 heterocycles. The Hall–Kier alpha value is -0.550. The van der Waals surface area contributed by atoms with Crippen LogP contribution in [0.3, 0.4) is 0 Å². The van der Waals surface area contributed by atoms with E-state index < -0.39 is 0 Å². The summed E-state index contributed by atoms with van der Waals surface area (Å²) >= 11 is 0. The maximum Gasteiger partial charge on any atom is 0.106 e. The van der Waals surface area contributed by atoms with Crippen molar-refractivity contribution < 1.29 is 0 Å². The molecule has 2 unspecified atom stereocenters. The lowest BCUT2D eigenvalue weighted by molar-refractivity contribution is 0.332. The molecule has 0 rings (SSSR count). The molecule has 0 amide bonds. The van der Waals surface area contributed by atoms with Gasteiger partial charge in [0, 0.05) is 0 Å². The molecule has 0 aliphatic heterocycles. The molecule has 0 radical (unpaired) electrons. The van der Waals surface area contributed by atoms with Gasteiger partial charge in [-0.1, -0.05) is 27.2 Å². The molecule has 70 valence electrons. The first kappa shape index (κ1) is 11.4. The summed E-state index contributed by atoms with van der Waals surface area (Å²) in [4.78, 5) is 0. The highest BCUT2D eigenvalue weighted by atomic mass is 14.9. The van der Waals surface area contributed by atoms with E-state index in [0.717, 1.165) is 19.3 Å². The van der Waals surface area contributed by atoms with E-state index in [0.29, 0.717) is 5.92 Å². The van der Waals surface area contributed by atoms with E-state index in [1.807, 2.05) is 7.05 Å². The van der Waals surface area contributed by atoms with Gasteiger partial charge in [0.25, 0.3) is 0 Å². The molecule has 12 heavy (non-hydrogen) atoms. The van der Waals surface area contributed by atoms with Gasteiger partial charge in [-0.3, -0.25) is 0 Å². The lowest BCUT2D eigenvalue weighted by Gasteiger charge is -2.27. The Morgan fingerprint density at radius 2 is 2.08 bits per heavy atom. The van der Waals surface area contributed by atoms with Crippen LogP contribution < -0.4 is 5.32 Å². The molecular weight excluding hydrogens is 148 g/mol. The second-order valence-electron chi connectivity index (χ2n) is 3.52. The monoisotopic (exact) mass is 168 g/mol. The number of hydrogen-bond acceptors (Lipinski definition) is 2. The maximum absolute atomic E-state index is 9.01. The smallest absolute Gasteiger partial charge is 0.106 e. The van der Waals surface area contributed by atoms with Gasteiger partial charge in [-0.2, -0.15) is 5.26 Å². The molecule has 0 saturated carbocycles. The molecule has 0 aliphatic rings. The van der Waals surface area contributed by atoms with Crippen LogP contribution in [-0.4, -0.2) is 12.6 Å². The van der Waals surface area contributed by atoms with Crippen LogP contribution in [0, 0.1) is 17.2 Å². The van der Waals surface area contributed by atoms with Crippen LogP contribution in [0.1, 0.15) is 40.0 Å². The van der Waals surface area contributed by atoms with Crippen molar-refractivity contribution >= 4 is 0 Å². The maximum atomic E-state index is 9.01. The third-order valence-corrected chi connectivity index (χ3v) is 2.69. The molecule has 0 fully saturated rings. The molecular formula is C10H20N2. The Balaban J connectivity index is 4.22. The zero-order valence-electron chi connectivity index (χ0n) is 8.65. The second-order valence-corrected chi connectivity index (χ2v) is 3.52. The normalized spacial score (nSPS) is 17.9. The van der Waals surface area contributed by atoms with E-state index in [4.69, 9.17) is 5.26 Å². The minimum absolute atomic E-state index is 0.296. The first-order chi connectivity index (χ1) is 5.64. The Labute approximate surface area is 76.0 Å². The molecule has 0 aromatic rings. The van der Waals surface area contributed by atoms with Gasteiger partial charge in [0.05, 0.1) is 6.07 Å². The highest BCUT2D eigenvalue weighted by Gasteiger charge is 2.27. The van der Waals surface area contributed by atoms with Crippen LogP contribution in [0.5, 0.6) is 0 Å². The van der Waals surface area contributed by atoms with Crippen molar-refractivity contribution in [2.45, 2.75) is 45.6 Å². The Morgan fingerprint density at radius 1 is 1.50 bits per heavy atom. The SMILES string of the molecule is CCC(C)CC(C#N)(CC)NC. The molecule has 0 saturated heterocycles. The number of nitrogens with one attached hydrogen (secondary N) is 1. The van der Waals surface area contributed by atoms with Crippen molar-refractivity contribution in [2.24, 2.45) is 5.92 Å². The molecule has 0 spiro atoms. The lowest BCUT2D eigenvalue weighted by atomic mass is 9.86. The van der Waals surface area contributed by atoms with Crippen molar-refractivity contribution in [3.8, 4) is 6.07 Å². The van der Waals surface area contributed by atoms with Crippen LogP contribution in [-0.2, 0) is 0 Å². The quantitative estimate of drug-likeness (QED) is 0.683. The van der Waals surface area contributed by atoms with Crippen LogP contribution in [0.2, 0.25) is 0 Å². The summed E-state index contributed by atoms with van der Waals surface area (Å²) in [5.74, 6) is 0.622. The van der Waals surface area contributed by atoms with Gasteiger partial charge in [0.15, 0.2) is 0 Å². The molecule has 0 aromatic heterocycles. The predicted octanol–water partition coefficient (Wildman–Crippen LogP) is 2.31. The standard InChI is InChI=1S/C10H20N2/c1-5-9(3)7-10(6-2,8-11)12-4/h9,12H,5-7H2,1-4H3. The largest absolute Gasteiger partial charge is 0.302 e. The Kier molecular flexibility index (Phi) is 4.92. The topological polar surface area (TPSA) is 35.8 Å². The van der Waals surface area contributed by atoms with Gasteiger partial charge in [0.1, 0.15) is 5.54 Å². The summed E-state index contributed by atoms with van der Waals surface area (Å²) in [6.45, 7) is 6.42. The minimum atomic E-state index is -0.296. The van der Waals surface area contributed by atoms with Crippen molar-refractivity contribution in [1.82, 2.24) is 5.32 Å². The zero-order valence-corrected chi connectivity index (χ0v) is 8.65. The van der Waals surface area contributed by atoms with E-state index in [2.05, 4.69) is 32.2 Å². The van der Waals surface area contributed by atoms with Gasteiger partial charge < -0.3 is 5.32 Å². The first-order valence-corrected chi connectivity index (χ1v) is 4.74. The summed E-state index contributed by atoms with van der Waals surface area (Å²) in [5.41, 5.74) is -0.296. The Bertz CT molecular complexity index is 154. The van der Waals surface area contributed by atoms with Gasteiger partial charge in [-0.15, -0.1) is 0 Å². The molecule has 1 N–H and O–H groups in total. The van der Waals surface area contributed by atoms with Gasteiger partial charge in [-0.05, 0) is 25.8 Å². The first-order valence-electron chi connectivity index (χ1n) is 4.74. The van der Waals surface area contributed by atoms with E-state index in [-0.39, 0.29) is 5.54 Å². The average Bonchev–Trinajstić information content (AvgIpc) is 2.14. The number of rotatable bonds is 5. The van der Waals surface area contributed by atoms with Crippen molar-refractivity contribution in [3.63, 3.8) is 0 Å². The van der Waals surface area contributed by atoms with Crippen LogP contribution in [0.15, 0.2) is 0 Å². The van der Waals surface area contributed by atoms with Gasteiger partial charge >= 0.3 is 0 Å². The summed E-state index contributed by atoms with van der Waals surface area (Å²) in [6, 6.07) is 2.37. The summed E-state index contributed by atoms with van der Waals surface area (Å²) in [7, 11) is 1.87. The van der Waals surface area contributed by atoms with E-state index in [9.17, 15) is 0 Å². The Morgan fingerprint density at radius 3 is 2.33 bits per heavy atom. The van der Waals surface area contributed by atoms with E-state index in [1.165, 1.54) is 0 Å². The van der Waals surface area contributed by atoms with Gasteiger partial charge in [0.2, 0.25) is 0 Å². The molecule has 0 bridgehead atoms. The van der Waals surface area contributed by atoms with Crippen molar-refractivity contribution in [1.29, 1.82) is 5.26 Å². The fourth-order valence-corrected chi connectivity index (χ4v) is 1.34. The summed E-state index contributed by atoms with van der Waals surface area (Å²) in [6.07, 6.45) is 2.97. The third-order valence-electron chi connectivity index (χ3n) is 2.69. The third kappa shape index (κ3) is 2.83. The molecule has 0 aromatic carbocycles. The van der Waals surface area contributed by atoms with E-state index in [1.54, 1.807) is 0 Å². The van der Waals surface area contributed by atoms with Crippen LogP contribution in [0.25, 0.3) is 0 Å².